The van der Waals surface area contributed by atoms with Crippen LogP contribution in [0.5, 0.6) is 0 Å². The van der Waals surface area contributed by atoms with E-state index in [1.54, 1.807) is 12.1 Å². The molecule has 0 radical (unpaired) electrons. The third kappa shape index (κ3) is 2.92. The van der Waals surface area contributed by atoms with Crippen molar-refractivity contribution in [2.24, 2.45) is 0 Å². The lowest BCUT2D eigenvalue weighted by Gasteiger charge is -2.07. The van der Waals surface area contributed by atoms with Gasteiger partial charge in [-0.05, 0) is 43.3 Å². The molecule has 0 saturated carbocycles. The Morgan fingerprint density at radius 1 is 1.39 bits per heavy atom. The first kappa shape index (κ1) is 13.1. The average molecular weight is 267 g/mol. The van der Waals surface area contributed by atoms with E-state index >= 15 is 0 Å². The van der Waals surface area contributed by atoms with Gasteiger partial charge >= 0.3 is 0 Å². The Kier molecular flexibility index (Phi) is 4.04. The summed E-state index contributed by atoms with van der Waals surface area (Å²) in [5.74, 6) is -0.377. The van der Waals surface area contributed by atoms with Crippen molar-refractivity contribution in [3.63, 3.8) is 0 Å². The van der Waals surface area contributed by atoms with Crippen molar-refractivity contribution in [3.05, 3.63) is 58.6 Å². The first-order valence-corrected chi connectivity index (χ1v) is 6.25. The molecule has 4 heteroatoms. The van der Waals surface area contributed by atoms with Gasteiger partial charge in [0.15, 0.2) is 0 Å². The highest BCUT2D eigenvalue weighted by atomic mass is 35.5. The number of benzene rings is 1. The zero-order chi connectivity index (χ0) is 13.1. The fourth-order valence-corrected chi connectivity index (χ4v) is 2.03. The van der Waals surface area contributed by atoms with E-state index in [9.17, 15) is 4.39 Å². The minimum Gasteiger partial charge on any atom is -0.350 e. The van der Waals surface area contributed by atoms with Crippen LogP contribution >= 0.6 is 11.6 Å². The smallest absolute Gasteiger partial charge is 0.141 e. The van der Waals surface area contributed by atoms with E-state index in [1.807, 2.05) is 13.2 Å². The molecule has 0 amide bonds. The number of nitrogens with zero attached hydrogens (tertiary/aromatic N) is 1. The lowest BCUT2D eigenvalue weighted by molar-refractivity contribution is 0.626. The van der Waals surface area contributed by atoms with Crippen molar-refractivity contribution in [2.75, 3.05) is 7.05 Å². The summed E-state index contributed by atoms with van der Waals surface area (Å²) < 4.78 is 15.1. The van der Waals surface area contributed by atoms with Gasteiger partial charge in [-0.2, -0.15) is 0 Å². The zero-order valence-electron chi connectivity index (χ0n) is 10.5. The highest BCUT2D eigenvalue weighted by molar-refractivity contribution is 6.30. The predicted molar refractivity (Wildman–Crippen MR) is 72.4 cm³/mol. The molecule has 1 heterocycles. The van der Waals surface area contributed by atoms with Crippen molar-refractivity contribution in [1.82, 2.24) is 9.88 Å². The van der Waals surface area contributed by atoms with E-state index in [-0.39, 0.29) is 10.8 Å². The molecule has 1 aromatic carbocycles. The SMILES string of the molecule is CNC(C)c1ccn(Cc2ccc(F)c(Cl)c2)c1. The minimum absolute atomic E-state index is 0.170. The van der Waals surface area contributed by atoms with Crippen LogP contribution in [0, 0.1) is 5.82 Å². The Balaban J connectivity index is 2.13. The normalized spacial score (nSPS) is 12.7. The van der Waals surface area contributed by atoms with E-state index < -0.39 is 0 Å². The summed E-state index contributed by atoms with van der Waals surface area (Å²) in [5.41, 5.74) is 2.21. The maximum Gasteiger partial charge on any atom is 0.141 e. The van der Waals surface area contributed by atoms with Gasteiger partial charge in [0.2, 0.25) is 0 Å². The van der Waals surface area contributed by atoms with Crippen molar-refractivity contribution >= 4 is 11.6 Å². The van der Waals surface area contributed by atoms with E-state index in [1.165, 1.54) is 11.6 Å². The number of aromatic nitrogens is 1. The summed E-state index contributed by atoms with van der Waals surface area (Å²) in [6, 6.07) is 7.22. The Bertz CT molecular complexity index is 536. The molecule has 18 heavy (non-hydrogen) atoms. The number of rotatable bonds is 4. The number of hydrogen-bond acceptors (Lipinski definition) is 1. The molecule has 0 aliphatic carbocycles. The maximum absolute atomic E-state index is 13.0. The minimum atomic E-state index is -0.377. The molecule has 2 nitrogen and oxygen atoms in total. The predicted octanol–water partition coefficient (Wildman–Crippen LogP) is 3.61. The molecule has 1 unspecified atom stereocenters. The van der Waals surface area contributed by atoms with Crippen LogP contribution in [0.3, 0.4) is 0 Å². The van der Waals surface area contributed by atoms with Crippen LogP contribution < -0.4 is 5.32 Å². The second-order valence-corrected chi connectivity index (χ2v) is 4.78. The van der Waals surface area contributed by atoms with Crippen LogP contribution in [0.2, 0.25) is 5.02 Å². The molecule has 0 aliphatic heterocycles. The largest absolute Gasteiger partial charge is 0.350 e. The summed E-state index contributed by atoms with van der Waals surface area (Å²) >= 11 is 5.76. The van der Waals surface area contributed by atoms with Crippen LogP contribution in [0.1, 0.15) is 24.1 Å². The van der Waals surface area contributed by atoms with Crippen molar-refractivity contribution < 1.29 is 4.39 Å². The Hall–Kier alpha value is -1.32. The molecule has 96 valence electrons. The molecule has 0 bridgehead atoms. The third-order valence-corrected chi connectivity index (χ3v) is 3.35. The fourth-order valence-electron chi connectivity index (χ4n) is 1.83. The molecule has 0 aliphatic rings. The van der Waals surface area contributed by atoms with Gasteiger partial charge in [0.1, 0.15) is 5.82 Å². The Morgan fingerprint density at radius 2 is 2.17 bits per heavy atom. The molecule has 0 saturated heterocycles. The topological polar surface area (TPSA) is 17.0 Å². The Morgan fingerprint density at radius 3 is 2.83 bits per heavy atom. The molecular weight excluding hydrogens is 251 g/mol. The standard InChI is InChI=1S/C14H16ClFN2/c1-10(17-2)12-5-6-18(9-12)8-11-3-4-14(16)13(15)7-11/h3-7,9-10,17H,8H2,1-2H3. The molecule has 2 aromatic rings. The second-order valence-electron chi connectivity index (χ2n) is 4.38. The fraction of sp³-hybridized carbons (Fsp3) is 0.286. The molecular formula is C14H16ClFN2. The average Bonchev–Trinajstić information content (AvgIpc) is 2.81. The highest BCUT2D eigenvalue weighted by Crippen LogP contribution is 2.18. The lowest BCUT2D eigenvalue weighted by Crippen LogP contribution is -2.11. The quantitative estimate of drug-likeness (QED) is 0.895. The third-order valence-electron chi connectivity index (χ3n) is 3.06. The van der Waals surface area contributed by atoms with Crippen molar-refractivity contribution in [1.29, 1.82) is 0 Å². The van der Waals surface area contributed by atoms with Crippen LogP contribution in [-0.2, 0) is 6.54 Å². The van der Waals surface area contributed by atoms with Crippen LogP contribution in [0.4, 0.5) is 4.39 Å². The van der Waals surface area contributed by atoms with E-state index in [0.717, 1.165) is 5.56 Å². The van der Waals surface area contributed by atoms with Gasteiger partial charge in [0.25, 0.3) is 0 Å². The van der Waals surface area contributed by atoms with Crippen molar-refractivity contribution in [3.8, 4) is 0 Å². The first-order chi connectivity index (χ1) is 8.60. The van der Waals surface area contributed by atoms with Gasteiger partial charge in [-0.3, -0.25) is 0 Å². The molecule has 1 atom stereocenters. The van der Waals surface area contributed by atoms with Gasteiger partial charge in [0.05, 0.1) is 5.02 Å². The van der Waals surface area contributed by atoms with Gasteiger partial charge < -0.3 is 9.88 Å². The van der Waals surface area contributed by atoms with Crippen molar-refractivity contribution in [2.45, 2.75) is 19.5 Å². The zero-order valence-corrected chi connectivity index (χ0v) is 11.2. The Labute approximate surface area is 111 Å². The summed E-state index contributed by atoms with van der Waals surface area (Å²) in [4.78, 5) is 0. The summed E-state index contributed by atoms with van der Waals surface area (Å²) in [6.07, 6.45) is 4.10. The van der Waals surface area contributed by atoms with Gasteiger partial charge in [-0.25, -0.2) is 4.39 Å². The first-order valence-electron chi connectivity index (χ1n) is 5.87. The van der Waals surface area contributed by atoms with Gasteiger partial charge in [-0.1, -0.05) is 17.7 Å². The summed E-state index contributed by atoms with van der Waals surface area (Å²) in [6.45, 7) is 2.80. The van der Waals surface area contributed by atoms with Crippen LogP contribution in [-0.4, -0.2) is 11.6 Å². The molecule has 2 rings (SSSR count). The summed E-state index contributed by atoms with van der Waals surface area (Å²) in [7, 11) is 1.93. The highest BCUT2D eigenvalue weighted by Gasteiger charge is 2.05. The van der Waals surface area contributed by atoms with Gasteiger partial charge in [0, 0.05) is 25.0 Å². The van der Waals surface area contributed by atoms with E-state index in [4.69, 9.17) is 11.6 Å². The van der Waals surface area contributed by atoms with E-state index in [2.05, 4.69) is 29.1 Å². The number of hydrogen-bond donors (Lipinski definition) is 1. The molecule has 1 aromatic heterocycles. The maximum atomic E-state index is 13.0. The van der Waals surface area contributed by atoms with Gasteiger partial charge in [-0.15, -0.1) is 0 Å². The van der Waals surface area contributed by atoms with Crippen LogP contribution in [0.25, 0.3) is 0 Å². The lowest BCUT2D eigenvalue weighted by atomic mass is 10.2. The number of halogens is 2. The number of nitrogens with one attached hydrogen (secondary N) is 1. The monoisotopic (exact) mass is 266 g/mol. The molecule has 0 fully saturated rings. The molecule has 1 N–H and O–H groups in total. The summed E-state index contributed by atoms with van der Waals surface area (Å²) in [5, 5.41) is 3.36. The van der Waals surface area contributed by atoms with Crippen LogP contribution in [0.15, 0.2) is 36.7 Å². The molecule has 0 spiro atoms. The van der Waals surface area contributed by atoms with E-state index in [0.29, 0.717) is 12.6 Å². The second kappa shape index (κ2) is 5.55.